The standard InChI is InChI=1S/C15H23Cl2NO2/c16-7-8-18-12-15(17)6-9-19-10-11-20-13-14-4-2-1-3-5-14/h1-5,15,18H,6-13H2. The molecule has 0 fully saturated rings. The zero-order valence-corrected chi connectivity index (χ0v) is 13.2. The minimum Gasteiger partial charge on any atom is -0.379 e. The number of halogens is 2. The van der Waals surface area contributed by atoms with Crippen molar-refractivity contribution < 1.29 is 9.47 Å². The first-order valence-corrected chi connectivity index (χ1v) is 7.90. The molecule has 1 rings (SSSR count). The number of ether oxygens (including phenoxy) is 2. The van der Waals surface area contributed by atoms with Crippen molar-refractivity contribution in [3.05, 3.63) is 35.9 Å². The van der Waals surface area contributed by atoms with E-state index in [1.807, 2.05) is 30.3 Å². The SMILES string of the molecule is ClCCNCC(Cl)CCOCCOCc1ccccc1. The molecule has 0 aromatic heterocycles. The second-order valence-electron chi connectivity index (χ2n) is 4.43. The molecule has 1 unspecified atom stereocenters. The predicted molar refractivity (Wildman–Crippen MR) is 84.8 cm³/mol. The van der Waals surface area contributed by atoms with Gasteiger partial charge in [0.05, 0.1) is 19.8 Å². The van der Waals surface area contributed by atoms with E-state index in [-0.39, 0.29) is 5.38 Å². The second kappa shape index (κ2) is 12.4. The van der Waals surface area contributed by atoms with Crippen LogP contribution in [0.1, 0.15) is 12.0 Å². The third-order valence-corrected chi connectivity index (χ3v) is 3.26. The van der Waals surface area contributed by atoms with Gasteiger partial charge in [-0.2, -0.15) is 0 Å². The number of benzene rings is 1. The van der Waals surface area contributed by atoms with Crippen LogP contribution < -0.4 is 5.32 Å². The van der Waals surface area contributed by atoms with Gasteiger partial charge in [-0.25, -0.2) is 0 Å². The molecule has 1 aromatic carbocycles. The molecule has 1 aromatic rings. The van der Waals surface area contributed by atoms with Gasteiger partial charge in [0, 0.05) is 31.0 Å². The van der Waals surface area contributed by atoms with E-state index in [1.165, 1.54) is 5.56 Å². The summed E-state index contributed by atoms with van der Waals surface area (Å²) in [6.45, 7) is 4.05. The molecule has 5 heteroatoms. The molecular formula is C15H23Cl2NO2. The zero-order chi connectivity index (χ0) is 14.5. The Kier molecular flexibility index (Phi) is 11.0. The van der Waals surface area contributed by atoms with Crippen LogP contribution in [0.25, 0.3) is 0 Å². The van der Waals surface area contributed by atoms with Crippen molar-refractivity contribution in [3.8, 4) is 0 Å². The number of hydrogen-bond acceptors (Lipinski definition) is 3. The lowest BCUT2D eigenvalue weighted by molar-refractivity contribution is 0.0396. The van der Waals surface area contributed by atoms with Gasteiger partial charge in [-0.05, 0) is 12.0 Å². The second-order valence-corrected chi connectivity index (χ2v) is 5.42. The summed E-state index contributed by atoms with van der Waals surface area (Å²) in [5.41, 5.74) is 1.18. The van der Waals surface area contributed by atoms with Crippen LogP contribution in [0.5, 0.6) is 0 Å². The molecule has 0 aliphatic heterocycles. The van der Waals surface area contributed by atoms with Gasteiger partial charge in [-0.1, -0.05) is 30.3 Å². The summed E-state index contributed by atoms with van der Waals surface area (Å²) in [4.78, 5) is 0. The van der Waals surface area contributed by atoms with Crippen LogP contribution in [-0.2, 0) is 16.1 Å². The fourth-order valence-electron chi connectivity index (χ4n) is 1.62. The van der Waals surface area contributed by atoms with Crippen molar-refractivity contribution in [1.29, 1.82) is 0 Å². The van der Waals surface area contributed by atoms with Gasteiger partial charge >= 0.3 is 0 Å². The monoisotopic (exact) mass is 319 g/mol. The molecule has 0 bridgehead atoms. The molecule has 0 saturated carbocycles. The van der Waals surface area contributed by atoms with E-state index in [0.29, 0.717) is 32.3 Å². The van der Waals surface area contributed by atoms with Crippen molar-refractivity contribution in [3.63, 3.8) is 0 Å². The first-order valence-electron chi connectivity index (χ1n) is 6.93. The normalized spacial score (nSPS) is 12.5. The van der Waals surface area contributed by atoms with Gasteiger partial charge in [0.15, 0.2) is 0 Å². The third kappa shape index (κ3) is 9.56. The molecule has 0 spiro atoms. The molecule has 3 nitrogen and oxygen atoms in total. The van der Waals surface area contributed by atoms with Crippen LogP contribution in [-0.4, -0.2) is 44.2 Å². The molecule has 1 N–H and O–H groups in total. The van der Waals surface area contributed by atoms with Crippen LogP contribution in [0.2, 0.25) is 0 Å². The van der Waals surface area contributed by atoms with Crippen molar-refractivity contribution >= 4 is 23.2 Å². The maximum atomic E-state index is 6.12. The van der Waals surface area contributed by atoms with E-state index in [2.05, 4.69) is 5.32 Å². The highest BCUT2D eigenvalue weighted by atomic mass is 35.5. The van der Waals surface area contributed by atoms with Gasteiger partial charge in [-0.15, -0.1) is 23.2 Å². The molecule has 0 amide bonds. The summed E-state index contributed by atoms with van der Waals surface area (Å²) in [6, 6.07) is 10.1. The summed E-state index contributed by atoms with van der Waals surface area (Å²) in [6.07, 6.45) is 0.829. The molecule has 1 atom stereocenters. The highest BCUT2D eigenvalue weighted by Gasteiger charge is 2.03. The van der Waals surface area contributed by atoms with Crippen molar-refractivity contribution in [2.45, 2.75) is 18.4 Å². The van der Waals surface area contributed by atoms with Gasteiger partial charge in [0.25, 0.3) is 0 Å². The highest BCUT2D eigenvalue weighted by Crippen LogP contribution is 2.02. The average molecular weight is 320 g/mol. The van der Waals surface area contributed by atoms with Crippen LogP contribution in [0.4, 0.5) is 0 Å². The minimum atomic E-state index is 0.0865. The van der Waals surface area contributed by atoms with Crippen LogP contribution >= 0.6 is 23.2 Å². The van der Waals surface area contributed by atoms with Crippen molar-refractivity contribution in [2.75, 3.05) is 38.8 Å². The van der Waals surface area contributed by atoms with E-state index in [1.54, 1.807) is 0 Å². The molecule has 0 aliphatic rings. The molecule has 20 heavy (non-hydrogen) atoms. The Hall–Kier alpha value is -0.320. The van der Waals surface area contributed by atoms with E-state index in [9.17, 15) is 0 Å². The Balaban J connectivity index is 1.87. The van der Waals surface area contributed by atoms with Gasteiger partial charge in [0.2, 0.25) is 0 Å². The summed E-state index contributed by atoms with van der Waals surface area (Å²) >= 11 is 11.7. The Labute approximate surface area is 131 Å². The number of alkyl halides is 2. The first kappa shape index (κ1) is 17.7. The Morgan fingerprint density at radius 3 is 2.55 bits per heavy atom. The quantitative estimate of drug-likeness (QED) is 0.474. The smallest absolute Gasteiger partial charge is 0.0718 e. The summed E-state index contributed by atoms with van der Waals surface area (Å²) in [7, 11) is 0. The van der Waals surface area contributed by atoms with Gasteiger partial charge in [0.1, 0.15) is 0 Å². The summed E-state index contributed by atoms with van der Waals surface area (Å²) < 4.78 is 11.0. The van der Waals surface area contributed by atoms with E-state index in [4.69, 9.17) is 32.7 Å². The number of hydrogen-bond donors (Lipinski definition) is 1. The zero-order valence-electron chi connectivity index (χ0n) is 11.7. The van der Waals surface area contributed by atoms with Gasteiger partial charge in [-0.3, -0.25) is 0 Å². The number of rotatable bonds is 12. The number of nitrogens with one attached hydrogen (secondary N) is 1. The van der Waals surface area contributed by atoms with E-state index >= 15 is 0 Å². The Morgan fingerprint density at radius 1 is 1.05 bits per heavy atom. The van der Waals surface area contributed by atoms with Crippen molar-refractivity contribution in [2.24, 2.45) is 0 Å². The van der Waals surface area contributed by atoms with Crippen LogP contribution in [0, 0.1) is 0 Å². The molecule has 114 valence electrons. The lowest BCUT2D eigenvalue weighted by Crippen LogP contribution is -2.26. The summed E-state index contributed by atoms with van der Waals surface area (Å²) in [5.74, 6) is 0.610. The fourth-order valence-corrected chi connectivity index (χ4v) is 1.95. The topological polar surface area (TPSA) is 30.5 Å². The van der Waals surface area contributed by atoms with E-state index in [0.717, 1.165) is 19.5 Å². The average Bonchev–Trinajstić information content (AvgIpc) is 2.47. The largest absolute Gasteiger partial charge is 0.379 e. The minimum absolute atomic E-state index is 0.0865. The molecule has 0 radical (unpaired) electrons. The van der Waals surface area contributed by atoms with Crippen LogP contribution in [0.3, 0.4) is 0 Å². The lowest BCUT2D eigenvalue weighted by atomic mass is 10.2. The molecule has 0 saturated heterocycles. The fraction of sp³-hybridized carbons (Fsp3) is 0.600. The summed E-state index contributed by atoms with van der Waals surface area (Å²) in [5, 5.41) is 3.26. The first-order chi connectivity index (χ1) is 9.83. The molecule has 0 aliphatic carbocycles. The van der Waals surface area contributed by atoms with Crippen LogP contribution in [0.15, 0.2) is 30.3 Å². The van der Waals surface area contributed by atoms with E-state index < -0.39 is 0 Å². The maximum absolute atomic E-state index is 6.12. The Bertz CT molecular complexity index is 325. The highest BCUT2D eigenvalue weighted by molar-refractivity contribution is 6.20. The lowest BCUT2D eigenvalue weighted by Gasteiger charge is -2.10. The molecule has 0 heterocycles. The maximum Gasteiger partial charge on any atom is 0.0718 e. The Morgan fingerprint density at radius 2 is 1.80 bits per heavy atom. The third-order valence-electron chi connectivity index (χ3n) is 2.70. The molecular weight excluding hydrogens is 297 g/mol. The predicted octanol–water partition coefficient (Wildman–Crippen LogP) is 3.05. The van der Waals surface area contributed by atoms with Gasteiger partial charge < -0.3 is 14.8 Å². The van der Waals surface area contributed by atoms with Crippen molar-refractivity contribution in [1.82, 2.24) is 5.32 Å².